The highest BCUT2D eigenvalue weighted by Gasteiger charge is 2.41. The molecule has 0 spiro atoms. The van der Waals surface area contributed by atoms with Gasteiger partial charge in [-0.05, 0) is 37.6 Å². The average Bonchev–Trinajstić information content (AvgIpc) is 3.24. The van der Waals surface area contributed by atoms with Crippen LogP contribution in [-0.2, 0) is 12.7 Å². The molecule has 13 heteroatoms. The Morgan fingerprint density at radius 1 is 1.09 bits per heavy atom. The summed E-state index contributed by atoms with van der Waals surface area (Å²) in [5, 5.41) is 18.8. The summed E-state index contributed by atoms with van der Waals surface area (Å²) in [5.41, 5.74) is -0.798. The van der Waals surface area contributed by atoms with Crippen LogP contribution in [0.5, 0.6) is 5.88 Å². The number of carbonyl (C=O) groups is 2. The molecule has 0 aliphatic carbocycles. The first-order valence-electron chi connectivity index (χ1n) is 10.1. The Labute approximate surface area is 192 Å². The highest BCUT2D eigenvalue weighted by Crippen LogP contribution is 2.33. The van der Waals surface area contributed by atoms with E-state index in [1.807, 2.05) is 13.8 Å². The van der Waals surface area contributed by atoms with Crippen LogP contribution in [0.15, 0.2) is 42.6 Å². The quantitative estimate of drug-likeness (QED) is 0.481. The van der Waals surface area contributed by atoms with E-state index in [9.17, 15) is 22.8 Å². The van der Waals surface area contributed by atoms with Crippen LogP contribution in [0.4, 0.5) is 23.7 Å². The number of aromatic nitrogens is 4. The van der Waals surface area contributed by atoms with E-state index in [0.29, 0.717) is 15.9 Å². The minimum Gasteiger partial charge on any atom is -0.480 e. The summed E-state index contributed by atoms with van der Waals surface area (Å²) in [4.78, 5) is 24.3. The van der Waals surface area contributed by atoms with Gasteiger partial charge in [-0.15, -0.1) is 10.2 Å². The van der Waals surface area contributed by atoms with Crippen molar-refractivity contribution in [2.24, 2.45) is 0 Å². The lowest BCUT2D eigenvalue weighted by molar-refractivity contribution is -0.143. The molecule has 0 atom stereocenters. The molecule has 2 aromatic heterocycles. The van der Waals surface area contributed by atoms with Crippen molar-refractivity contribution < 1.29 is 27.5 Å². The minimum atomic E-state index is -4.88. The third-order valence-electron chi connectivity index (χ3n) is 4.42. The summed E-state index contributed by atoms with van der Waals surface area (Å²) < 4.78 is 46.7. The summed E-state index contributed by atoms with van der Waals surface area (Å²) in [6, 6.07) is 8.66. The SMILES string of the molecule is COc1ccc(-n2ncc(C(=O)NCc3ccc(NC(=O)NC(C)C)cc3)c2C(F)(F)F)nn1. The zero-order valence-electron chi connectivity index (χ0n) is 18.5. The Balaban J connectivity index is 1.72. The average molecular weight is 477 g/mol. The largest absolute Gasteiger partial charge is 0.480 e. The maximum absolute atomic E-state index is 13.8. The summed E-state index contributed by atoms with van der Waals surface area (Å²) in [6.07, 6.45) is -4.06. The van der Waals surface area contributed by atoms with Gasteiger partial charge in [0, 0.05) is 24.3 Å². The number of methoxy groups -OCH3 is 1. The van der Waals surface area contributed by atoms with Crippen LogP contribution in [0.25, 0.3) is 5.82 Å². The Kier molecular flexibility index (Phi) is 7.34. The number of carbonyl (C=O) groups excluding carboxylic acids is 2. The molecule has 3 amide bonds. The Morgan fingerprint density at radius 3 is 2.35 bits per heavy atom. The van der Waals surface area contributed by atoms with Crippen LogP contribution in [0.1, 0.15) is 35.5 Å². The lowest BCUT2D eigenvalue weighted by Gasteiger charge is -2.12. The van der Waals surface area contributed by atoms with Crippen molar-refractivity contribution in [3.63, 3.8) is 0 Å². The lowest BCUT2D eigenvalue weighted by Crippen LogP contribution is -2.34. The van der Waals surface area contributed by atoms with E-state index in [2.05, 4.69) is 31.2 Å². The van der Waals surface area contributed by atoms with Crippen molar-refractivity contribution in [3.8, 4) is 11.7 Å². The van der Waals surface area contributed by atoms with Gasteiger partial charge in [0.15, 0.2) is 11.5 Å². The number of nitrogens with zero attached hydrogens (tertiary/aromatic N) is 4. The molecule has 0 aliphatic heterocycles. The molecule has 0 saturated heterocycles. The zero-order chi connectivity index (χ0) is 24.9. The van der Waals surface area contributed by atoms with Crippen LogP contribution in [0.2, 0.25) is 0 Å². The third-order valence-corrected chi connectivity index (χ3v) is 4.42. The number of benzene rings is 1. The topological polar surface area (TPSA) is 123 Å². The minimum absolute atomic E-state index is 0.0304. The van der Waals surface area contributed by atoms with Crippen molar-refractivity contribution in [2.75, 3.05) is 12.4 Å². The number of amides is 3. The molecule has 0 unspecified atom stereocenters. The zero-order valence-corrected chi connectivity index (χ0v) is 18.5. The van der Waals surface area contributed by atoms with Gasteiger partial charge in [-0.3, -0.25) is 4.79 Å². The molecule has 0 saturated carbocycles. The van der Waals surface area contributed by atoms with Crippen molar-refractivity contribution in [3.05, 3.63) is 59.4 Å². The molecule has 0 bridgehead atoms. The second-order valence-electron chi connectivity index (χ2n) is 7.38. The second kappa shape index (κ2) is 10.2. The molecule has 180 valence electrons. The molecule has 1 aromatic carbocycles. The normalized spacial score (nSPS) is 11.3. The van der Waals surface area contributed by atoms with E-state index < -0.39 is 23.3 Å². The molecule has 10 nitrogen and oxygen atoms in total. The monoisotopic (exact) mass is 477 g/mol. The molecule has 3 aromatic rings. The van der Waals surface area contributed by atoms with Crippen LogP contribution in [0.3, 0.4) is 0 Å². The van der Waals surface area contributed by atoms with Gasteiger partial charge in [-0.2, -0.15) is 18.3 Å². The summed E-state index contributed by atoms with van der Waals surface area (Å²) in [7, 11) is 1.34. The molecular weight excluding hydrogens is 455 g/mol. The van der Waals surface area contributed by atoms with E-state index in [4.69, 9.17) is 4.74 Å². The molecule has 0 fully saturated rings. The summed E-state index contributed by atoms with van der Waals surface area (Å²) in [6.45, 7) is 3.61. The van der Waals surface area contributed by atoms with E-state index >= 15 is 0 Å². The number of urea groups is 1. The van der Waals surface area contributed by atoms with Crippen LogP contribution >= 0.6 is 0 Å². The molecule has 0 aliphatic rings. The number of hydrogen-bond acceptors (Lipinski definition) is 6. The van der Waals surface area contributed by atoms with Gasteiger partial charge in [-0.25, -0.2) is 9.48 Å². The van der Waals surface area contributed by atoms with Crippen molar-refractivity contribution >= 4 is 17.6 Å². The fraction of sp³-hybridized carbons (Fsp3) is 0.286. The van der Waals surface area contributed by atoms with E-state index in [1.165, 1.54) is 19.2 Å². The number of ether oxygens (including phenoxy) is 1. The van der Waals surface area contributed by atoms with Gasteiger partial charge in [0.1, 0.15) is 0 Å². The number of rotatable bonds is 7. The third kappa shape index (κ3) is 5.99. The maximum atomic E-state index is 13.8. The Hall–Kier alpha value is -4.16. The fourth-order valence-corrected chi connectivity index (χ4v) is 2.91. The number of anilines is 1. The van der Waals surface area contributed by atoms with E-state index in [1.54, 1.807) is 24.3 Å². The first kappa shape index (κ1) is 24.5. The first-order chi connectivity index (χ1) is 16.1. The highest BCUT2D eigenvalue weighted by molar-refractivity contribution is 5.95. The number of nitrogens with one attached hydrogen (secondary N) is 3. The second-order valence-corrected chi connectivity index (χ2v) is 7.38. The Morgan fingerprint density at radius 2 is 1.79 bits per heavy atom. The highest BCUT2D eigenvalue weighted by atomic mass is 19.4. The van der Waals surface area contributed by atoms with Gasteiger partial charge in [0.2, 0.25) is 5.88 Å². The molecule has 3 rings (SSSR count). The summed E-state index contributed by atoms with van der Waals surface area (Å²) >= 11 is 0. The summed E-state index contributed by atoms with van der Waals surface area (Å²) in [5.74, 6) is -1.07. The van der Waals surface area contributed by atoms with Gasteiger partial charge >= 0.3 is 12.2 Å². The number of halogens is 3. The molecule has 0 radical (unpaired) electrons. The van der Waals surface area contributed by atoms with Crippen molar-refractivity contribution in [2.45, 2.75) is 32.6 Å². The number of alkyl halides is 3. The fourth-order valence-electron chi connectivity index (χ4n) is 2.91. The number of hydrogen-bond donors (Lipinski definition) is 3. The van der Waals surface area contributed by atoms with E-state index in [0.717, 1.165) is 6.20 Å². The van der Waals surface area contributed by atoms with Gasteiger partial charge in [0.25, 0.3) is 5.91 Å². The smallest absolute Gasteiger partial charge is 0.434 e. The maximum Gasteiger partial charge on any atom is 0.434 e. The van der Waals surface area contributed by atoms with Gasteiger partial charge in [-0.1, -0.05) is 12.1 Å². The van der Waals surface area contributed by atoms with Crippen LogP contribution in [0, 0.1) is 0 Å². The van der Waals surface area contributed by atoms with Gasteiger partial charge < -0.3 is 20.7 Å². The molecule has 3 N–H and O–H groups in total. The molecule has 34 heavy (non-hydrogen) atoms. The van der Waals surface area contributed by atoms with E-state index in [-0.39, 0.29) is 30.3 Å². The van der Waals surface area contributed by atoms with Crippen molar-refractivity contribution in [1.29, 1.82) is 0 Å². The first-order valence-corrected chi connectivity index (χ1v) is 10.1. The predicted molar refractivity (Wildman–Crippen MR) is 116 cm³/mol. The predicted octanol–water partition coefficient (Wildman–Crippen LogP) is 3.15. The Bertz CT molecular complexity index is 1140. The lowest BCUT2D eigenvalue weighted by atomic mass is 10.2. The molecule has 2 heterocycles. The van der Waals surface area contributed by atoms with Crippen molar-refractivity contribution in [1.82, 2.24) is 30.6 Å². The van der Waals surface area contributed by atoms with Crippen LogP contribution in [-0.4, -0.2) is 45.1 Å². The molecular formula is C21H22F3N7O3. The van der Waals surface area contributed by atoms with Gasteiger partial charge in [0.05, 0.1) is 18.9 Å². The van der Waals surface area contributed by atoms with Crippen LogP contribution < -0.4 is 20.7 Å². The standard InChI is InChI=1S/C21H22F3N7O3/c1-12(2)27-20(33)28-14-6-4-13(5-7-14)10-25-19(32)15-11-26-31(18(15)21(22,23)24)16-8-9-17(34-3)30-29-16/h4-9,11-12H,10H2,1-3H3,(H,25,32)(H2,27,28,33).